The molecule has 1 aromatic carbocycles. The summed E-state index contributed by atoms with van der Waals surface area (Å²) >= 11 is 0. The second-order valence-electron chi connectivity index (χ2n) is 6.69. The second kappa shape index (κ2) is 9.38. The van der Waals surface area contributed by atoms with Crippen LogP contribution in [0, 0.1) is 0 Å². The lowest BCUT2D eigenvalue weighted by Crippen LogP contribution is -2.47. The molecule has 8 heteroatoms. The highest BCUT2D eigenvalue weighted by molar-refractivity contribution is 5.76. The zero-order valence-corrected chi connectivity index (χ0v) is 15.8. The molecule has 2 aromatic rings. The van der Waals surface area contributed by atoms with Crippen LogP contribution in [0.15, 0.2) is 43.2 Å². The van der Waals surface area contributed by atoms with Gasteiger partial charge in [0.05, 0.1) is 5.69 Å². The Morgan fingerprint density at radius 1 is 1.41 bits per heavy atom. The Morgan fingerprint density at radius 3 is 2.93 bits per heavy atom. The Balaban J connectivity index is 1.66. The van der Waals surface area contributed by atoms with E-state index in [1.807, 2.05) is 23.1 Å². The van der Waals surface area contributed by atoms with Crippen molar-refractivity contribution < 1.29 is 4.79 Å². The minimum absolute atomic E-state index is 0.148. The van der Waals surface area contributed by atoms with Crippen LogP contribution in [0.5, 0.6) is 0 Å². The number of hydrogen-bond acceptors (Lipinski definition) is 6. The highest BCUT2D eigenvalue weighted by Crippen LogP contribution is 2.22. The number of nitrogens with zero attached hydrogens (tertiary/aromatic N) is 6. The maximum absolute atomic E-state index is 12.5. The van der Waals surface area contributed by atoms with E-state index in [-0.39, 0.29) is 11.9 Å². The SMILES string of the molecule is C=CCN(CCC(=O)N1CCNCC1)C(C)c1cccc(-n2cnnn2)c1. The zero-order valence-electron chi connectivity index (χ0n) is 15.8. The van der Waals surface area contributed by atoms with Gasteiger partial charge in [0.1, 0.15) is 6.33 Å². The first-order valence-electron chi connectivity index (χ1n) is 9.36. The number of amides is 1. The number of hydrogen-bond donors (Lipinski definition) is 1. The lowest BCUT2D eigenvalue weighted by Gasteiger charge is -2.31. The lowest BCUT2D eigenvalue weighted by molar-refractivity contribution is -0.132. The maximum Gasteiger partial charge on any atom is 0.223 e. The number of benzene rings is 1. The minimum Gasteiger partial charge on any atom is -0.340 e. The number of carbonyl (C=O) groups is 1. The highest BCUT2D eigenvalue weighted by atomic mass is 16.2. The predicted octanol–water partition coefficient (Wildman–Crippen LogP) is 1.03. The molecule has 1 unspecified atom stereocenters. The third-order valence-electron chi connectivity index (χ3n) is 4.96. The molecule has 0 aliphatic carbocycles. The van der Waals surface area contributed by atoms with Crippen molar-refractivity contribution in [1.82, 2.24) is 35.3 Å². The van der Waals surface area contributed by atoms with Crippen molar-refractivity contribution in [3.05, 3.63) is 48.8 Å². The van der Waals surface area contributed by atoms with Crippen molar-refractivity contribution in [2.45, 2.75) is 19.4 Å². The van der Waals surface area contributed by atoms with E-state index in [2.05, 4.69) is 51.4 Å². The number of rotatable bonds is 8. The number of carbonyl (C=O) groups excluding carboxylic acids is 1. The van der Waals surface area contributed by atoms with Gasteiger partial charge in [0.25, 0.3) is 0 Å². The summed E-state index contributed by atoms with van der Waals surface area (Å²) in [5.74, 6) is 0.222. The average molecular weight is 369 g/mol. The predicted molar refractivity (Wildman–Crippen MR) is 103 cm³/mol. The van der Waals surface area contributed by atoms with E-state index in [9.17, 15) is 4.79 Å². The molecular formula is C19H27N7O. The van der Waals surface area contributed by atoms with Crippen molar-refractivity contribution >= 4 is 5.91 Å². The average Bonchev–Trinajstić information content (AvgIpc) is 3.26. The van der Waals surface area contributed by atoms with Gasteiger partial charge in [-0.3, -0.25) is 9.69 Å². The summed E-state index contributed by atoms with van der Waals surface area (Å²) in [6.45, 7) is 10.8. The third-order valence-corrected chi connectivity index (χ3v) is 4.96. The largest absolute Gasteiger partial charge is 0.340 e. The first-order valence-corrected chi connectivity index (χ1v) is 9.36. The van der Waals surface area contributed by atoms with E-state index < -0.39 is 0 Å². The van der Waals surface area contributed by atoms with Crippen LogP contribution in [0.2, 0.25) is 0 Å². The Hall–Kier alpha value is -2.58. The molecule has 1 amide bonds. The second-order valence-corrected chi connectivity index (χ2v) is 6.69. The van der Waals surface area contributed by atoms with E-state index >= 15 is 0 Å². The topological polar surface area (TPSA) is 79.2 Å². The summed E-state index contributed by atoms with van der Waals surface area (Å²) in [6.07, 6.45) is 3.99. The van der Waals surface area contributed by atoms with Gasteiger partial charge >= 0.3 is 0 Å². The zero-order chi connectivity index (χ0) is 19.1. The van der Waals surface area contributed by atoms with Gasteiger partial charge in [-0.25, -0.2) is 4.68 Å². The van der Waals surface area contributed by atoms with Gasteiger partial charge in [0.2, 0.25) is 5.91 Å². The van der Waals surface area contributed by atoms with Crippen LogP contribution in [0.4, 0.5) is 0 Å². The van der Waals surface area contributed by atoms with Crippen molar-refractivity contribution in [1.29, 1.82) is 0 Å². The molecule has 1 fully saturated rings. The van der Waals surface area contributed by atoms with Crippen LogP contribution >= 0.6 is 0 Å². The molecule has 0 bridgehead atoms. The first-order chi connectivity index (χ1) is 13.2. The van der Waals surface area contributed by atoms with E-state index in [0.717, 1.165) is 44.0 Å². The Morgan fingerprint density at radius 2 is 2.22 bits per heavy atom. The molecule has 2 heterocycles. The van der Waals surface area contributed by atoms with E-state index in [0.29, 0.717) is 13.0 Å². The number of piperazine rings is 1. The van der Waals surface area contributed by atoms with Gasteiger partial charge in [-0.1, -0.05) is 18.2 Å². The summed E-state index contributed by atoms with van der Waals surface area (Å²) in [7, 11) is 0. The van der Waals surface area contributed by atoms with Crippen LogP contribution in [-0.2, 0) is 4.79 Å². The van der Waals surface area contributed by atoms with Crippen LogP contribution in [0.25, 0.3) is 5.69 Å². The van der Waals surface area contributed by atoms with E-state index in [4.69, 9.17) is 0 Å². The summed E-state index contributed by atoms with van der Waals surface area (Å²) in [4.78, 5) is 16.7. The molecule has 1 saturated heterocycles. The number of nitrogens with one attached hydrogen (secondary N) is 1. The molecule has 0 saturated carbocycles. The van der Waals surface area contributed by atoms with Crippen LogP contribution < -0.4 is 5.32 Å². The standard InChI is InChI=1S/C19H27N7O/c1-3-10-24(11-7-19(27)25-12-8-20-9-13-25)16(2)17-5-4-6-18(14-17)26-15-21-22-23-26/h3-6,14-16,20H,1,7-13H2,2H3. The van der Waals surface area contributed by atoms with Gasteiger partial charge in [-0.2, -0.15) is 0 Å². The summed E-state index contributed by atoms with van der Waals surface area (Å²) in [5.41, 5.74) is 2.07. The molecule has 0 radical (unpaired) electrons. The summed E-state index contributed by atoms with van der Waals surface area (Å²) in [6, 6.07) is 8.29. The maximum atomic E-state index is 12.5. The Kier molecular flexibility index (Phi) is 6.67. The van der Waals surface area contributed by atoms with Crippen molar-refractivity contribution in [3.8, 4) is 5.69 Å². The van der Waals surface area contributed by atoms with Crippen molar-refractivity contribution in [2.75, 3.05) is 39.3 Å². The summed E-state index contributed by atoms with van der Waals surface area (Å²) in [5, 5.41) is 14.6. The first kappa shape index (κ1) is 19.2. The quantitative estimate of drug-likeness (QED) is 0.701. The Bertz CT molecular complexity index is 740. The Labute approximate surface area is 159 Å². The molecule has 0 spiro atoms. The molecule has 1 atom stereocenters. The van der Waals surface area contributed by atoms with E-state index in [1.165, 1.54) is 0 Å². The van der Waals surface area contributed by atoms with Crippen LogP contribution in [-0.4, -0.2) is 75.2 Å². The normalized spacial score (nSPS) is 15.7. The third kappa shape index (κ3) is 4.99. The number of aromatic nitrogens is 4. The summed E-state index contributed by atoms with van der Waals surface area (Å²) < 4.78 is 1.64. The molecule has 8 nitrogen and oxygen atoms in total. The van der Waals surface area contributed by atoms with E-state index in [1.54, 1.807) is 11.0 Å². The lowest BCUT2D eigenvalue weighted by atomic mass is 10.1. The molecule has 3 rings (SSSR count). The van der Waals surface area contributed by atoms with Crippen LogP contribution in [0.3, 0.4) is 0 Å². The molecule has 1 aromatic heterocycles. The van der Waals surface area contributed by atoms with Gasteiger partial charge in [-0.15, -0.1) is 11.7 Å². The molecule has 1 aliphatic rings. The van der Waals surface area contributed by atoms with Gasteiger partial charge in [-0.05, 0) is 35.0 Å². The highest BCUT2D eigenvalue weighted by Gasteiger charge is 2.20. The fraction of sp³-hybridized carbons (Fsp3) is 0.474. The monoisotopic (exact) mass is 369 g/mol. The van der Waals surface area contributed by atoms with Crippen LogP contribution in [0.1, 0.15) is 24.9 Å². The van der Waals surface area contributed by atoms with Gasteiger partial charge in [0.15, 0.2) is 0 Å². The molecule has 27 heavy (non-hydrogen) atoms. The molecular weight excluding hydrogens is 342 g/mol. The molecule has 1 aliphatic heterocycles. The number of tetrazole rings is 1. The van der Waals surface area contributed by atoms with Gasteiger partial charge < -0.3 is 10.2 Å². The van der Waals surface area contributed by atoms with Crippen molar-refractivity contribution in [3.63, 3.8) is 0 Å². The fourth-order valence-electron chi connectivity index (χ4n) is 3.34. The fourth-order valence-corrected chi connectivity index (χ4v) is 3.34. The minimum atomic E-state index is 0.148. The smallest absolute Gasteiger partial charge is 0.223 e. The van der Waals surface area contributed by atoms with Crippen molar-refractivity contribution in [2.24, 2.45) is 0 Å². The molecule has 144 valence electrons. The molecule has 1 N–H and O–H groups in total. The van der Waals surface area contributed by atoms with Gasteiger partial charge in [0, 0.05) is 51.7 Å².